The number of halogens is 1. The Kier molecular flexibility index (Phi) is 7.08. The van der Waals surface area contributed by atoms with Gasteiger partial charge < -0.3 is 9.47 Å². The number of nitrogens with one attached hydrogen (secondary N) is 1. The quantitative estimate of drug-likeness (QED) is 0.611. The first-order valence-corrected chi connectivity index (χ1v) is 7.15. The van der Waals surface area contributed by atoms with E-state index in [4.69, 9.17) is 9.47 Å². The summed E-state index contributed by atoms with van der Waals surface area (Å²) in [5.41, 5.74) is 3.21. The van der Waals surface area contributed by atoms with Gasteiger partial charge >= 0.3 is 0 Å². The highest BCUT2D eigenvalue weighted by atomic mass is 79.9. The van der Waals surface area contributed by atoms with Crippen LogP contribution in [0.25, 0.3) is 0 Å². The summed E-state index contributed by atoms with van der Waals surface area (Å²) in [6, 6.07) is 3.64. The largest absolute Gasteiger partial charge is 0.493 e. The summed E-state index contributed by atoms with van der Waals surface area (Å²) < 4.78 is 11.4. The number of benzene rings is 1. The summed E-state index contributed by atoms with van der Waals surface area (Å²) in [5.74, 6) is 1.08. The minimum absolute atomic E-state index is 0.0935. The average molecular weight is 343 g/mol. The molecule has 0 aliphatic heterocycles. The number of amides is 1. The number of carbonyl (C=O) groups is 1. The number of hydrogen-bond donors (Lipinski definition) is 1. The third kappa shape index (κ3) is 4.85. The van der Waals surface area contributed by atoms with Crippen LogP contribution in [0.5, 0.6) is 11.5 Å². The fraction of sp³-hybridized carbons (Fsp3) is 0.429. The van der Waals surface area contributed by atoms with Crippen LogP contribution in [0.1, 0.15) is 31.7 Å². The molecule has 0 heterocycles. The van der Waals surface area contributed by atoms with Crippen LogP contribution in [-0.2, 0) is 4.79 Å². The molecule has 0 radical (unpaired) electrons. The molecule has 0 aliphatic carbocycles. The van der Waals surface area contributed by atoms with Gasteiger partial charge in [-0.2, -0.15) is 5.10 Å². The Labute approximate surface area is 127 Å². The van der Waals surface area contributed by atoms with Crippen molar-refractivity contribution in [3.63, 3.8) is 0 Å². The highest BCUT2D eigenvalue weighted by Gasteiger charge is 2.10. The zero-order valence-corrected chi connectivity index (χ0v) is 13.5. The molecule has 1 amide bonds. The van der Waals surface area contributed by atoms with Gasteiger partial charge in [-0.25, -0.2) is 5.43 Å². The predicted molar refractivity (Wildman–Crippen MR) is 82.5 cm³/mol. The van der Waals surface area contributed by atoms with E-state index in [2.05, 4.69) is 26.5 Å². The summed E-state index contributed by atoms with van der Waals surface area (Å²) in [6.45, 7) is 2.04. The number of methoxy groups -OCH3 is 2. The number of carbonyl (C=O) groups excluding carboxylic acids is 1. The molecule has 6 heteroatoms. The van der Waals surface area contributed by atoms with Crippen LogP contribution in [0.2, 0.25) is 0 Å². The maximum atomic E-state index is 11.4. The fourth-order valence-electron chi connectivity index (χ4n) is 1.62. The Morgan fingerprint density at radius 2 is 2.15 bits per heavy atom. The van der Waals surface area contributed by atoms with E-state index >= 15 is 0 Å². The zero-order valence-electron chi connectivity index (χ0n) is 11.9. The van der Waals surface area contributed by atoms with Crippen LogP contribution >= 0.6 is 15.9 Å². The second-order valence-corrected chi connectivity index (χ2v) is 5.04. The van der Waals surface area contributed by atoms with E-state index in [1.54, 1.807) is 20.3 Å². The van der Waals surface area contributed by atoms with Gasteiger partial charge in [-0.15, -0.1) is 0 Å². The van der Waals surface area contributed by atoms with Crippen molar-refractivity contribution in [3.8, 4) is 11.5 Å². The van der Waals surface area contributed by atoms with E-state index in [0.717, 1.165) is 22.9 Å². The summed E-state index contributed by atoms with van der Waals surface area (Å²) in [5, 5.41) is 3.94. The Morgan fingerprint density at radius 1 is 1.40 bits per heavy atom. The second-order valence-electron chi connectivity index (χ2n) is 4.13. The van der Waals surface area contributed by atoms with E-state index in [9.17, 15) is 4.79 Å². The molecular formula is C14H19BrN2O3. The van der Waals surface area contributed by atoms with Gasteiger partial charge in [-0.1, -0.05) is 29.3 Å². The highest BCUT2D eigenvalue weighted by molar-refractivity contribution is 9.10. The van der Waals surface area contributed by atoms with Crippen LogP contribution < -0.4 is 14.9 Å². The molecule has 0 fully saturated rings. The minimum Gasteiger partial charge on any atom is -0.493 e. The molecule has 0 saturated carbocycles. The van der Waals surface area contributed by atoms with Gasteiger partial charge in [0.05, 0.1) is 20.4 Å². The normalized spacial score (nSPS) is 10.6. The maximum absolute atomic E-state index is 11.4. The summed E-state index contributed by atoms with van der Waals surface area (Å²) in [7, 11) is 3.13. The Bertz CT molecular complexity index is 490. The molecule has 0 aromatic heterocycles. The first kappa shape index (κ1) is 16.5. The standard InChI is InChI=1S/C14H19BrN2O3/c1-4-5-6-13(18)17-16-9-10-7-11(15)8-12(19-2)14(10)20-3/h7-9H,4-6H2,1-3H3,(H,17,18)/b16-9+. The molecule has 0 atom stereocenters. The molecule has 0 aliphatic rings. The predicted octanol–water partition coefficient (Wildman–Crippen LogP) is 3.11. The molecule has 1 aromatic carbocycles. The lowest BCUT2D eigenvalue weighted by Crippen LogP contribution is -2.16. The molecule has 1 rings (SSSR count). The molecule has 0 spiro atoms. The molecule has 1 aromatic rings. The van der Waals surface area contributed by atoms with Gasteiger partial charge in [0.1, 0.15) is 0 Å². The maximum Gasteiger partial charge on any atom is 0.240 e. The van der Waals surface area contributed by atoms with Crippen molar-refractivity contribution in [2.45, 2.75) is 26.2 Å². The zero-order chi connectivity index (χ0) is 15.0. The molecule has 0 saturated heterocycles. The summed E-state index contributed by atoms with van der Waals surface area (Å²) in [6.07, 6.45) is 3.85. The van der Waals surface area contributed by atoms with Crippen LogP contribution in [0, 0.1) is 0 Å². The van der Waals surface area contributed by atoms with E-state index in [0.29, 0.717) is 17.9 Å². The molecule has 1 N–H and O–H groups in total. The van der Waals surface area contributed by atoms with Gasteiger partial charge in [0, 0.05) is 16.5 Å². The first-order valence-electron chi connectivity index (χ1n) is 6.35. The first-order chi connectivity index (χ1) is 9.62. The van der Waals surface area contributed by atoms with E-state index in [1.807, 2.05) is 13.0 Å². The average Bonchev–Trinajstić information content (AvgIpc) is 2.44. The van der Waals surface area contributed by atoms with Crippen LogP contribution in [0.3, 0.4) is 0 Å². The fourth-order valence-corrected chi connectivity index (χ4v) is 2.08. The van der Waals surface area contributed by atoms with Crippen LogP contribution in [0.4, 0.5) is 0 Å². The lowest BCUT2D eigenvalue weighted by molar-refractivity contribution is -0.121. The number of rotatable bonds is 7. The van der Waals surface area contributed by atoms with Gasteiger partial charge in [0.2, 0.25) is 5.91 Å². The van der Waals surface area contributed by atoms with Crippen molar-refractivity contribution in [1.82, 2.24) is 5.43 Å². The minimum atomic E-state index is -0.0935. The molecule has 20 heavy (non-hydrogen) atoms. The third-order valence-electron chi connectivity index (χ3n) is 2.62. The summed E-state index contributed by atoms with van der Waals surface area (Å²) >= 11 is 3.39. The number of ether oxygens (including phenoxy) is 2. The Hall–Kier alpha value is -1.56. The second kappa shape index (κ2) is 8.58. The van der Waals surface area contributed by atoms with Crippen molar-refractivity contribution in [2.75, 3.05) is 14.2 Å². The molecule has 5 nitrogen and oxygen atoms in total. The SMILES string of the molecule is CCCCC(=O)N/N=C/c1cc(Br)cc(OC)c1OC. The topological polar surface area (TPSA) is 59.9 Å². The Balaban J connectivity index is 2.81. The van der Waals surface area contributed by atoms with Crippen molar-refractivity contribution < 1.29 is 14.3 Å². The Morgan fingerprint density at radius 3 is 2.75 bits per heavy atom. The molecule has 0 bridgehead atoms. The third-order valence-corrected chi connectivity index (χ3v) is 3.08. The van der Waals surface area contributed by atoms with Crippen LogP contribution in [-0.4, -0.2) is 26.3 Å². The summed E-state index contributed by atoms with van der Waals surface area (Å²) in [4.78, 5) is 11.4. The van der Waals surface area contributed by atoms with Crippen molar-refractivity contribution >= 4 is 28.1 Å². The smallest absolute Gasteiger partial charge is 0.240 e. The molecule has 0 unspecified atom stereocenters. The lowest BCUT2D eigenvalue weighted by Gasteiger charge is -2.10. The van der Waals surface area contributed by atoms with Gasteiger partial charge in [-0.05, 0) is 18.6 Å². The van der Waals surface area contributed by atoms with Crippen molar-refractivity contribution in [1.29, 1.82) is 0 Å². The number of hydrogen-bond acceptors (Lipinski definition) is 4. The number of hydrazone groups is 1. The highest BCUT2D eigenvalue weighted by Crippen LogP contribution is 2.33. The van der Waals surface area contributed by atoms with Crippen molar-refractivity contribution in [2.24, 2.45) is 5.10 Å². The number of unbranched alkanes of at least 4 members (excludes halogenated alkanes) is 1. The van der Waals surface area contributed by atoms with Crippen LogP contribution in [0.15, 0.2) is 21.7 Å². The molecule has 110 valence electrons. The van der Waals surface area contributed by atoms with Gasteiger partial charge in [-0.3, -0.25) is 4.79 Å². The van der Waals surface area contributed by atoms with E-state index in [-0.39, 0.29) is 5.91 Å². The van der Waals surface area contributed by atoms with Gasteiger partial charge in [0.25, 0.3) is 0 Å². The van der Waals surface area contributed by atoms with E-state index in [1.165, 1.54) is 6.21 Å². The number of nitrogens with zero attached hydrogens (tertiary/aromatic N) is 1. The van der Waals surface area contributed by atoms with E-state index < -0.39 is 0 Å². The molecular weight excluding hydrogens is 324 g/mol. The lowest BCUT2D eigenvalue weighted by atomic mass is 10.2. The van der Waals surface area contributed by atoms with Gasteiger partial charge in [0.15, 0.2) is 11.5 Å². The monoisotopic (exact) mass is 342 g/mol. The van der Waals surface area contributed by atoms with Crippen molar-refractivity contribution in [3.05, 3.63) is 22.2 Å².